The molecular formula is C25H23F4NO3. The van der Waals surface area contributed by atoms with Crippen LogP contribution in [0.3, 0.4) is 0 Å². The molecule has 4 nitrogen and oxygen atoms in total. The number of anilines is 1. The standard InChI is InChI=1S/C25H23F4NO3/c1-13(2)24(25(31)32)33-21-8-7-19(27)23(22(21)29)30-12-17-9-16(11-20(28)14(17)3)15-5-4-6-18(26)10-15/h4-11,13,24,30H,12H2,1-3H3,(H,31,32). The monoisotopic (exact) mass is 461 g/mol. The number of hydrogen-bond donors (Lipinski definition) is 2. The molecule has 0 aromatic heterocycles. The molecule has 0 saturated carbocycles. The Bertz CT molecular complexity index is 1180. The van der Waals surface area contributed by atoms with Crippen LogP contribution in [-0.4, -0.2) is 17.2 Å². The Morgan fingerprint density at radius 2 is 1.73 bits per heavy atom. The van der Waals surface area contributed by atoms with Crippen LogP contribution in [0.25, 0.3) is 11.1 Å². The quantitative estimate of drug-likeness (QED) is 0.386. The molecule has 0 fully saturated rings. The van der Waals surface area contributed by atoms with Gasteiger partial charge in [-0.15, -0.1) is 0 Å². The van der Waals surface area contributed by atoms with Crippen LogP contribution < -0.4 is 10.1 Å². The van der Waals surface area contributed by atoms with Gasteiger partial charge in [0, 0.05) is 12.5 Å². The average molecular weight is 461 g/mol. The largest absolute Gasteiger partial charge is 0.478 e. The molecule has 0 bridgehead atoms. The molecule has 0 aliphatic heterocycles. The van der Waals surface area contributed by atoms with E-state index >= 15 is 0 Å². The molecule has 8 heteroatoms. The molecule has 0 heterocycles. The number of carboxylic acid groups (broad SMARTS) is 1. The smallest absolute Gasteiger partial charge is 0.345 e. The van der Waals surface area contributed by atoms with E-state index in [1.807, 2.05) is 0 Å². The molecule has 3 aromatic rings. The van der Waals surface area contributed by atoms with Gasteiger partial charge in [-0.05, 0) is 65.6 Å². The summed E-state index contributed by atoms with van der Waals surface area (Å²) in [7, 11) is 0. The first-order valence-corrected chi connectivity index (χ1v) is 10.2. The number of aliphatic carboxylic acids is 1. The maximum absolute atomic E-state index is 15.0. The Morgan fingerprint density at radius 1 is 1.00 bits per heavy atom. The van der Waals surface area contributed by atoms with E-state index in [0.717, 1.165) is 12.1 Å². The average Bonchev–Trinajstić information content (AvgIpc) is 2.75. The van der Waals surface area contributed by atoms with Crippen LogP contribution in [0.15, 0.2) is 48.5 Å². The maximum atomic E-state index is 15.0. The van der Waals surface area contributed by atoms with Gasteiger partial charge in [0.25, 0.3) is 0 Å². The third-order valence-corrected chi connectivity index (χ3v) is 5.22. The lowest BCUT2D eigenvalue weighted by molar-refractivity contribution is -0.147. The van der Waals surface area contributed by atoms with Crippen molar-refractivity contribution in [3.63, 3.8) is 0 Å². The fourth-order valence-corrected chi connectivity index (χ4v) is 3.33. The molecule has 0 amide bonds. The van der Waals surface area contributed by atoms with Crippen molar-refractivity contribution in [1.29, 1.82) is 0 Å². The zero-order chi connectivity index (χ0) is 24.3. The summed E-state index contributed by atoms with van der Waals surface area (Å²) in [4.78, 5) is 11.4. The van der Waals surface area contributed by atoms with Gasteiger partial charge >= 0.3 is 5.97 Å². The number of benzene rings is 3. The highest BCUT2D eigenvalue weighted by molar-refractivity contribution is 5.73. The van der Waals surface area contributed by atoms with Crippen LogP contribution in [0.1, 0.15) is 25.0 Å². The van der Waals surface area contributed by atoms with Gasteiger partial charge in [-0.25, -0.2) is 22.4 Å². The van der Waals surface area contributed by atoms with Gasteiger partial charge in [0.1, 0.15) is 23.1 Å². The zero-order valence-electron chi connectivity index (χ0n) is 18.3. The van der Waals surface area contributed by atoms with Crippen molar-refractivity contribution < 1.29 is 32.2 Å². The first-order valence-electron chi connectivity index (χ1n) is 10.2. The van der Waals surface area contributed by atoms with Gasteiger partial charge in [-0.1, -0.05) is 26.0 Å². The number of nitrogens with one attached hydrogen (secondary N) is 1. The third kappa shape index (κ3) is 5.45. The van der Waals surface area contributed by atoms with Crippen LogP contribution in [0.2, 0.25) is 0 Å². The number of ether oxygens (including phenoxy) is 1. The van der Waals surface area contributed by atoms with Gasteiger partial charge < -0.3 is 15.2 Å². The van der Waals surface area contributed by atoms with Crippen LogP contribution in [-0.2, 0) is 11.3 Å². The molecule has 0 spiro atoms. The predicted molar refractivity (Wildman–Crippen MR) is 117 cm³/mol. The molecule has 33 heavy (non-hydrogen) atoms. The minimum Gasteiger partial charge on any atom is -0.478 e. The summed E-state index contributed by atoms with van der Waals surface area (Å²) in [5, 5.41) is 11.9. The van der Waals surface area contributed by atoms with E-state index in [1.165, 1.54) is 31.2 Å². The molecule has 1 atom stereocenters. The molecule has 1 unspecified atom stereocenters. The normalized spacial score (nSPS) is 12.0. The van der Waals surface area contributed by atoms with Crippen molar-refractivity contribution in [2.24, 2.45) is 5.92 Å². The van der Waals surface area contributed by atoms with E-state index in [-0.39, 0.29) is 12.1 Å². The van der Waals surface area contributed by atoms with Gasteiger partial charge in [0.15, 0.2) is 17.7 Å². The lowest BCUT2D eigenvalue weighted by Crippen LogP contribution is -2.32. The van der Waals surface area contributed by atoms with Crippen molar-refractivity contribution in [3.05, 3.63) is 82.9 Å². The zero-order valence-corrected chi connectivity index (χ0v) is 18.3. The predicted octanol–water partition coefficient (Wildman–Crippen LogP) is 6.32. The van der Waals surface area contributed by atoms with Gasteiger partial charge in [0.2, 0.25) is 0 Å². The van der Waals surface area contributed by atoms with Gasteiger partial charge in [0.05, 0.1) is 0 Å². The van der Waals surface area contributed by atoms with E-state index in [4.69, 9.17) is 4.74 Å². The fourth-order valence-electron chi connectivity index (χ4n) is 3.33. The van der Waals surface area contributed by atoms with E-state index in [9.17, 15) is 27.5 Å². The first kappa shape index (κ1) is 24.1. The summed E-state index contributed by atoms with van der Waals surface area (Å²) in [6.07, 6.45) is -1.32. The van der Waals surface area contributed by atoms with E-state index < -0.39 is 52.7 Å². The third-order valence-electron chi connectivity index (χ3n) is 5.22. The van der Waals surface area contributed by atoms with E-state index in [0.29, 0.717) is 16.7 Å². The van der Waals surface area contributed by atoms with Gasteiger partial charge in [-0.2, -0.15) is 0 Å². The molecule has 0 saturated heterocycles. The number of halogens is 4. The SMILES string of the molecule is Cc1c(F)cc(-c2cccc(F)c2)cc1CNc1c(F)ccc(OC(C(=O)O)C(C)C)c1F. The van der Waals surface area contributed by atoms with Crippen LogP contribution in [0.4, 0.5) is 23.2 Å². The summed E-state index contributed by atoms with van der Waals surface area (Å²) in [6.45, 7) is 4.58. The van der Waals surface area contributed by atoms with Crippen molar-refractivity contribution in [1.82, 2.24) is 0 Å². The number of hydrogen-bond acceptors (Lipinski definition) is 3. The highest BCUT2D eigenvalue weighted by atomic mass is 19.1. The topological polar surface area (TPSA) is 58.6 Å². The lowest BCUT2D eigenvalue weighted by atomic mass is 9.99. The second-order valence-electron chi connectivity index (χ2n) is 7.96. The molecule has 3 aromatic carbocycles. The highest BCUT2D eigenvalue weighted by Crippen LogP contribution is 2.31. The van der Waals surface area contributed by atoms with Crippen LogP contribution in [0, 0.1) is 36.1 Å². The molecular weight excluding hydrogens is 438 g/mol. The minimum atomic E-state index is -1.32. The second kappa shape index (κ2) is 9.94. The summed E-state index contributed by atoms with van der Waals surface area (Å²) in [5.41, 5.74) is 1.01. The van der Waals surface area contributed by atoms with Crippen molar-refractivity contribution in [2.45, 2.75) is 33.4 Å². The van der Waals surface area contributed by atoms with Crippen LogP contribution >= 0.6 is 0 Å². The summed E-state index contributed by atoms with van der Waals surface area (Å²) in [6, 6.07) is 10.5. The number of carbonyl (C=O) groups is 1. The summed E-state index contributed by atoms with van der Waals surface area (Å²) >= 11 is 0. The Labute approximate surface area is 188 Å². The lowest BCUT2D eigenvalue weighted by Gasteiger charge is -2.20. The Kier molecular flexibility index (Phi) is 7.26. The molecule has 0 radical (unpaired) electrons. The molecule has 3 rings (SSSR count). The molecule has 0 aliphatic carbocycles. The molecule has 2 N–H and O–H groups in total. The van der Waals surface area contributed by atoms with E-state index in [1.54, 1.807) is 26.0 Å². The van der Waals surface area contributed by atoms with E-state index in [2.05, 4.69) is 5.32 Å². The van der Waals surface area contributed by atoms with Gasteiger partial charge in [-0.3, -0.25) is 0 Å². The number of rotatable bonds is 8. The Morgan fingerprint density at radius 3 is 2.36 bits per heavy atom. The molecule has 174 valence electrons. The van der Waals surface area contributed by atoms with Crippen molar-refractivity contribution in [2.75, 3.05) is 5.32 Å². The maximum Gasteiger partial charge on any atom is 0.345 e. The Hall–Kier alpha value is -3.55. The van der Waals surface area contributed by atoms with Crippen molar-refractivity contribution >= 4 is 11.7 Å². The summed E-state index contributed by atoms with van der Waals surface area (Å²) < 4.78 is 62.7. The minimum absolute atomic E-state index is 0.143. The fraction of sp³-hybridized carbons (Fsp3) is 0.240. The molecule has 0 aliphatic rings. The van der Waals surface area contributed by atoms with Crippen molar-refractivity contribution in [3.8, 4) is 16.9 Å². The number of carboxylic acids is 1. The highest BCUT2D eigenvalue weighted by Gasteiger charge is 2.26. The van der Waals surface area contributed by atoms with Crippen LogP contribution in [0.5, 0.6) is 5.75 Å². The summed E-state index contributed by atoms with van der Waals surface area (Å²) in [5.74, 6) is -5.19. The first-order chi connectivity index (χ1) is 15.6. The Balaban J connectivity index is 1.90. The second-order valence-corrected chi connectivity index (χ2v) is 7.96.